The Kier molecular flexibility index (Phi) is 4.16. The highest BCUT2D eigenvalue weighted by Gasteiger charge is 2.46. The summed E-state index contributed by atoms with van der Waals surface area (Å²) in [5, 5.41) is 9.76. The minimum Gasteiger partial charge on any atom is -0.439 e. The summed E-state index contributed by atoms with van der Waals surface area (Å²) in [7, 11) is -3.92. The number of anilines is 1. The number of ether oxygens (including phenoxy) is 1. The van der Waals surface area contributed by atoms with E-state index in [1.807, 2.05) is 43.3 Å². The van der Waals surface area contributed by atoms with Gasteiger partial charge in [-0.05, 0) is 37.1 Å². The van der Waals surface area contributed by atoms with Gasteiger partial charge in [0, 0.05) is 12.1 Å². The topological polar surface area (TPSA) is 96.4 Å². The second kappa shape index (κ2) is 6.43. The fourth-order valence-electron chi connectivity index (χ4n) is 3.87. The molecule has 2 aliphatic heterocycles. The van der Waals surface area contributed by atoms with Crippen LogP contribution in [0.5, 0.6) is 0 Å². The van der Waals surface area contributed by atoms with Crippen LogP contribution in [0.4, 0.5) is 5.69 Å². The molecule has 0 radical (unpaired) electrons. The van der Waals surface area contributed by atoms with Crippen LogP contribution in [0.2, 0.25) is 0 Å². The number of aryl methyl sites for hydroxylation is 1. The zero-order valence-corrected chi connectivity index (χ0v) is 16.3. The number of nitrogens with zero attached hydrogens (tertiary/aromatic N) is 2. The maximum absolute atomic E-state index is 13.6. The number of benzene rings is 2. The number of nitrogens with two attached hydrogens (primary N) is 1. The van der Waals surface area contributed by atoms with E-state index in [4.69, 9.17) is 10.5 Å². The van der Waals surface area contributed by atoms with E-state index in [0.717, 1.165) is 11.1 Å². The van der Waals surface area contributed by atoms with Gasteiger partial charge in [0.15, 0.2) is 5.76 Å². The van der Waals surface area contributed by atoms with Crippen molar-refractivity contribution in [3.8, 4) is 6.07 Å². The molecule has 142 valence electrons. The minimum atomic E-state index is -3.92. The third kappa shape index (κ3) is 2.42. The van der Waals surface area contributed by atoms with E-state index >= 15 is 0 Å². The van der Waals surface area contributed by atoms with Gasteiger partial charge in [0.1, 0.15) is 16.5 Å². The Labute approximate surface area is 164 Å². The summed E-state index contributed by atoms with van der Waals surface area (Å²) < 4.78 is 34.3. The first-order valence-electron chi connectivity index (χ1n) is 8.91. The number of allylic oxidation sites excluding steroid dienone is 2. The molecule has 0 saturated carbocycles. The summed E-state index contributed by atoms with van der Waals surface area (Å²) in [5.41, 5.74) is 8.96. The monoisotopic (exact) mass is 393 g/mol. The molecule has 0 aliphatic carbocycles. The second-order valence-electron chi connectivity index (χ2n) is 6.66. The summed E-state index contributed by atoms with van der Waals surface area (Å²) in [6.07, 6.45) is 0. The molecule has 0 fully saturated rings. The molecule has 7 heteroatoms. The summed E-state index contributed by atoms with van der Waals surface area (Å²) in [6.45, 7) is 3.93. The largest absolute Gasteiger partial charge is 0.439 e. The molecule has 0 saturated heterocycles. The molecule has 2 heterocycles. The Balaban J connectivity index is 2.11. The first-order valence-corrected chi connectivity index (χ1v) is 10.3. The van der Waals surface area contributed by atoms with Crippen LogP contribution in [0.15, 0.2) is 64.9 Å². The van der Waals surface area contributed by atoms with Crippen LogP contribution in [0.3, 0.4) is 0 Å². The fourth-order valence-corrected chi connectivity index (χ4v) is 5.80. The SMILES string of the molecule is CCN1c2ccccc2C2=C([C@H](c3ccccc3C)C(C#N)=C(N)O2)S1(=O)=O. The lowest BCUT2D eigenvalue weighted by Crippen LogP contribution is -2.39. The van der Waals surface area contributed by atoms with Gasteiger partial charge in [-0.15, -0.1) is 0 Å². The van der Waals surface area contributed by atoms with Crippen LogP contribution in [0.25, 0.3) is 5.76 Å². The number of nitriles is 1. The molecule has 2 aliphatic rings. The van der Waals surface area contributed by atoms with Gasteiger partial charge < -0.3 is 10.5 Å². The highest BCUT2D eigenvalue weighted by Crippen LogP contribution is 2.51. The molecule has 0 spiro atoms. The normalized spacial score (nSPS) is 20.2. The Morgan fingerprint density at radius 1 is 1.18 bits per heavy atom. The standard InChI is InChI=1S/C21H19N3O3S/c1-3-24-17-11-7-6-10-15(17)19-20(28(24,25)26)18(16(12-22)21(23)27-19)14-9-5-4-8-13(14)2/h4-11,18H,3,23H2,1-2H3/t18-/m1/s1. The highest BCUT2D eigenvalue weighted by molar-refractivity contribution is 7.97. The zero-order chi connectivity index (χ0) is 20.1. The number of para-hydroxylation sites is 1. The molecule has 1 atom stereocenters. The predicted octanol–water partition coefficient (Wildman–Crippen LogP) is 3.34. The van der Waals surface area contributed by atoms with E-state index in [2.05, 4.69) is 6.07 Å². The molecule has 6 nitrogen and oxygen atoms in total. The van der Waals surface area contributed by atoms with E-state index < -0.39 is 15.9 Å². The summed E-state index contributed by atoms with van der Waals surface area (Å²) in [6, 6.07) is 16.6. The molecule has 0 bridgehead atoms. The number of hydrogen-bond acceptors (Lipinski definition) is 5. The van der Waals surface area contributed by atoms with Gasteiger partial charge in [0.25, 0.3) is 10.0 Å². The van der Waals surface area contributed by atoms with Gasteiger partial charge in [0.2, 0.25) is 5.88 Å². The van der Waals surface area contributed by atoms with Crippen molar-refractivity contribution in [2.24, 2.45) is 5.73 Å². The highest BCUT2D eigenvalue weighted by atomic mass is 32.2. The number of hydrogen-bond donors (Lipinski definition) is 1. The number of sulfonamides is 1. The van der Waals surface area contributed by atoms with Crippen LogP contribution >= 0.6 is 0 Å². The van der Waals surface area contributed by atoms with Gasteiger partial charge in [-0.3, -0.25) is 4.31 Å². The molecule has 4 rings (SSSR count). The predicted molar refractivity (Wildman–Crippen MR) is 107 cm³/mol. The average Bonchev–Trinajstić information content (AvgIpc) is 2.67. The van der Waals surface area contributed by atoms with Gasteiger partial charge in [0.05, 0.1) is 11.6 Å². The van der Waals surface area contributed by atoms with Crippen molar-refractivity contribution in [3.63, 3.8) is 0 Å². The quantitative estimate of drug-likeness (QED) is 0.844. The third-order valence-electron chi connectivity index (χ3n) is 5.14. The molecular weight excluding hydrogens is 374 g/mol. The van der Waals surface area contributed by atoms with E-state index in [0.29, 0.717) is 11.3 Å². The van der Waals surface area contributed by atoms with Crippen molar-refractivity contribution < 1.29 is 13.2 Å². The second-order valence-corrected chi connectivity index (χ2v) is 8.49. The van der Waals surface area contributed by atoms with Crippen LogP contribution in [-0.2, 0) is 14.8 Å². The van der Waals surface area contributed by atoms with Gasteiger partial charge in [-0.1, -0.05) is 36.4 Å². The lowest BCUT2D eigenvalue weighted by Gasteiger charge is -2.38. The van der Waals surface area contributed by atoms with Crippen molar-refractivity contribution in [1.29, 1.82) is 5.26 Å². The zero-order valence-electron chi connectivity index (χ0n) is 15.5. The Bertz CT molecular complexity index is 1190. The van der Waals surface area contributed by atoms with Crippen molar-refractivity contribution in [2.45, 2.75) is 19.8 Å². The van der Waals surface area contributed by atoms with Gasteiger partial charge >= 0.3 is 0 Å². The Hall–Kier alpha value is -3.24. The molecule has 2 aromatic rings. The minimum absolute atomic E-state index is 0.0631. The van der Waals surface area contributed by atoms with Crippen molar-refractivity contribution in [3.05, 3.63) is 81.6 Å². The smallest absolute Gasteiger partial charge is 0.265 e. The van der Waals surface area contributed by atoms with Crippen molar-refractivity contribution >= 4 is 21.5 Å². The summed E-state index contributed by atoms with van der Waals surface area (Å²) in [4.78, 5) is 0.0631. The molecule has 0 unspecified atom stereocenters. The average molecular weight is 393 g/mol. The molecule has 28 heavy (non-hydrogen) atoms. The van der Waals surface area contributed by atoms with E-state index in [9.17, 15) is 13.7 Å². The van der Waals surface area contributed by atoms with Crippen LogP contribution in [-0.4, -0.2) is 15.0 Å². The first kappa shape index (κ1) is 18.1. The van der Waals surface area contributed by atoms with Crippen LogP contribution < -0.4 is 10.0 Å². The molecule has 0 aromatic heterocycles. The first-order chi connectivity index (χ1) is 13.4. The van der Waals surface area contributed by atoms with E-state index in [-0.39, 0.29) is 28.7 Å². The number of fused-ring (bicyclic) bond motifs is 2. The van der Waals surface area contributed by atoms with Crippen molar-refractivity contribution in [1.82, 2.24) is 0 Å². The molecular formula is C21H19N3O3S. The Morgan fingerprint density at radius 2 is 1.86 bits per heavy atom. The van der Waals surface area contributed by atoms with Crippen molar-refractivity contribution in [2.75, 3.05) is 10.8 Å². The van der Waals surface area contributed by atoms with E-state index in [1.54, 1.807) is 19.1 Å². The van der Waals surface area contributed by atoms with Crippen LogP contribution in [0.1, 0.15) is 29.5 Å². The van der Waals surface area contributed by atoms with Gasteiger partial charge in [-0.2, -0.15) is 5.26 Å². The fraction of sp³-hybridized carbons (Fsp3) is 0.190. The van der Waals surface area contributed by atoms with Gasteiger partial charge in [-0.25, -0.2) is 8.42 Å². The molecule has 2 aromatic carbocycles. The lowest BCUT2D eigenvalue weighted by molar-refractivity contribution is 0.357. The maximum Gasteiger partial charge on any atom is 0.265 e. The lowest BCUT2D eigenvalue weighted by atomic mass is 9.86. The van der Waals surface area contributed by atoms with Crippen LogP contribution in [0, 0.1) is 18.3 Å². The Morgan fingerprint density at radius 3 is 2.54 bits per heavy atom. The third-order valence-corrected chi connectivity index (χ3v) is 7.16. The number of rotatable bonds is 2. The van der Waals surface area contributed by atoms with E-state index in [1.165, 1.54) is 4.31 Å². The summed E-state index contributed by atoms with van der Waals surface area (Å²) >= 11 is 0. The summed E-state index contributed by atoms with van der Waals surface area (Å²) in [5.74, 6) is -0.683. The maximum atomic E-state index is 13.6. The molecule has 2 N–H and O–H groups in total. The molecule has 0 amide bonds.